The zero-order valence-electron chi connectivity index (χ0n) is 7.43. The molecule has 0 aromatic rings. The van der Waals surface area contributed by atoms with Crippen LogP contribution in [-0.2, 0) is 65.4 Å². The Morgan fingerprint density at radius 2 is 1.27 bits per heavy atom. The second-order valence-electron chi connectivity index (χ2n) is 1.92. The molecular formula is C9H14Y2-2. The predicted molar refractivity (Wildman–Crippen MR) is 40.8 cm³/mol. The van der Waals surface area contributed by atoms with Crippen LogP contribution in [0.1, 0.15) is 33.1 Å². The molecule has 0 aromatic carbocycles. The van der Waals surface area contributed by atoms with E-state index >= 15 is 0 Å². The van der Waals surface area contributed by atoms with Gasteiger partial charge in [0.2, 0.25) is 0 Å². The van der Waals surface area contributed by atoms with Gasteiger partial charge in [-0.05, 0) is 0 Å². The normalized spacial score (nSPS) is 9.64. The zero-order chi connectivity index (χ0) is 6.95. The molecule has 0 spiro atoms. The van der Waals surface area contributed by atoms with E-state index in [-0.39, 0.29) is 65.4 Å². The number of hydrogen-bond acceptors (Lipinski definition) is 0. The van der Waals surface area contributed by atoms with Crippen LogP contribution in [0.2, 0.25) is 0 Å². The molecule has 0 aliphatic heterocycles. The molecule has 0 rings (SSSR count). The van der Waals surface area contributed by atoms with E-state index < -0.39 is 0 Å². The van der Waals surface area contributed by atoms with Crippen LogP contribution in [0.4, 0.5) is 0 Å². The van der Waals surface area contributed by atoms with E-state index in [0.29, 0.717) is 0 Å². The summed E-state index contributed by atoms with van der Waals surface area (Å²) in [4.78, 5) is 0. The van der Waals surface area contributed by atoms with Crippen molar-refractivity contribution in [2.45, 2.75) is 33.1 Å². The Hall–Kier alpha value is 1.69. The smallest absolute Gasteiger partial charge is 0 e. The van der Waals surface area contributed by atoms with Gasteiger partial charge in [0.25, 0.3) is 0 Å². The van der Waals surface area contributed by atoms with Crippen molar-refractivity contribution in [1.29, 1.82) is 0 Å². The van der Waals surface area contributed by atoms with Crippen molar-refractivity contribution in [2.24, 2.45) is 0 Å². The third-order valence-corrected chi connectivity index (χ3v) is 1.11. The van der Waals surface area contributed by atoms with Gasteiger partial charge >= 0.3 is 0 Å². The molecule has 0 atom stereocenters. The number of hydrogen-bond donors (Lipinski definition) is 0. The second kappa shape index (κ2) is 17.7. The van der Waals surface area contributed by atoms with Crippen LogP contribution < -0.4 is 0 Å². The van der Waals surface area contributed by atoms with E-state index in [2.05, 4.69) is 24.3 Å². The van der Waals surface area contributed by atoms with Crippen LogP contribution in [0.3, 0.4) is 0 Å². The molecule has 0 heterocycles. The summed E-state index contributed by atoms with van der Waals surface area (Å²) in [5.41, 5.74) is 0. The summed E-state index contributed by atoms with van der Waals surface area (Å²) in [6.45, 7) is 3.86. The van der Waals surface area contributed by atoms with E-state index in [0.717, 1.165) is 12.8 Å². The Bertz CT molecular complexity index is 83.7. The molecule has 2 radical (unpaired) electrons. The second-order valence-corrected chi connectivity index (χ2v) is 1.92. The van der Waals surface area contributed by atoms with Gasteiger partial charge < -0.3 is 12.2 Å². The summed E-state index contributed by atoms with van der Waals surface area (Å²) in [5, 5.41) is 0. The maximum absolute atomic E-state index is 2.99. The molecule has 0 fully saturated rings. The van der Waals surface area contributed by atoms with Crippen molar-refractivity contribution in [3.05, 3.63) is 24.3 Å². The van der Waals surface area contributed by atoms with Crippen LogP contribution in [0, 0.1) is 12.2 Å². The summed E-state index contributed by atoms with van der Waals surface area (Å²) in [6.07, 6.45) is 13.6. The van der Waals surface area contributed by atoms with Gasteiger partial charge in [0.15, 0.2) is 0 Å². The molecule has 0 N–H and O–H groups in total. The van der Waals surface area contributed by atoms with Crippen LogP contribution in [0.5, 0.6) is 0 Å². The average molecular weight is 300 g/mol. The Labute approximate surface area is 121 Å². The third-order valence-electron chi connectivity index (χ3n) is 1.11. The molecule has 11 heavy (non-hydrogen) atoms. The Kier molecular flexibility index (Phi) is 29.7. The van der Waals surface area contributed by atoms with E-state index in [1.807, 2.05) is 13.8 Å². The van der Waals surface area contributed by atoms with E-state index in [9.17, 15) is 0 Å². The molecule has 0 aromatic heterocycles. The van der Waals surface area contributed by atoms with Gasteiger partial charge in [-0.2, -0.15) is 13.8 Å². The summed E-state index contributed by atoms with van der Waals surface area (Å²) in [7, 11) is 0. The molecule has 0 saturated carbocycles. The first kappa shape index (κ1) is 18.5. The number of allylic oxidation sites excluding steroid dienone is 4. The van der Waals surface area contributed by atoms with Crippen LogP contribution in [0.25, 0.3) is 0 Å². The molecule has 2 heteroatoms. The molecular weight excluding hydrogens is 286 g/mol. The van der Waals surface area contributed by atoms with Gasteiger partial charge in [0.1, 0.15) is 0 Å². The van der Waals surface area contributed by atoms with Gasteiger partial charge in [-0.25, -0.2) is 0 Å². The Morgan fingerprint density at radius 3 is 1.55 bits per heavy atom. The minimum Gasteiger partial charge on any atom is -0.504 e. The van der Waals surface area contributed by atoms with Crippen molar-refractivity contribution in [2.75, 3.05) is 0 Å². The maximum Gasteiger partial charge on any atom is 0 e. The van der Waals surface area contributed by atoms with Gasteiger partial charge in [-0.15, -0.1) is 0 Å². The van der Waals surface area contributed by atoms with Crippen molar-refractivity contribution < 1.29 is 65.4 Å². The number of rotatable bonds is 4. The summed E-state index contributed by atoms with van der Waals surface area (Å²) < 4.78 is 0. The molecule has 0 unspecified atom stereocenters. The topological polar surface area (TPSA) is 0 Å². The maximum atomic E-state index is 2.99. The number of unbranched alkanes of at least 4 members (excludes halogenated alkanes) is 2. The Balaban J connectivity index is -0.000000320. The van der Waals surface area contributed by atoms with Gasteiger partial charge in [-0.3, -0.25) is 12.2 Å². The van der Waals surface area contributed by atoms with Gasteiger partial charge in [0, 0.05) is 65.4 Å². The fourth-order valence-electron chi connectivity index (χ4n) is 0.611. The standard InChI is InChI=1S/C9H14.2Y/c1-3-5-7-9-8-6-4-2;;/h5-6H,7-9H2,1-2H3;;/q-2;;. The molecule has 0 aliphatic carbocycles. The van der Waals surface area contributed by atoms with Gasteiger partial charge in [-0.1, -0.05) is 19.3 Å². The Morgan fingerprint density at radius 1 is 0.909 bits per heavy atom. The fourth-order valence-corrected chi connectivity index (χ4v) is 0.611. The molecule has 0 aliphatic rings. The molecule has 0 saturated heterocycles. The third kappa shape index (κ3) is 18.6. The minimum absolute atomic E-state index is 0. The van der Waals surface area contributed by atoms with Crippen LogP contribution in [-0.4, -0.2) is 0 Å². The average Bonchev–Trinajstić information content (AvgIpc) is 1.89. The van der Waals surface area contributed by atoms with Crippen LogP contribution in [0.15, 0.2) is 12.2 Å². The minimum atomic E-state index is 0. The van der Waals surface area contributed by atoms with Crippen molar-refractivity contribution in [1.82, 2.24) is 0 Å². The van der Waals surface area contributed by atoms with E-state index in [1.165, 1.54) is 6.42 Å². The summed E-state index contributed by atoms with van der Waals surface area (Å²) >= 11 is 0. The first-order valence-corrected chi connectivity index (χ1v) is 3.39. The van der Waals surface area contributed by atoms with E-state index in [1.54, 1.807) is 0 Å². The monoisotopic (exact) mass is 300 g/mol. The molecule has 0 amide bonds. The molecule has 0 nitrogen and oxygen atoms in total. The zero-order valence-corrected chi connectivity index (χ0v) is 13.1. The van der Waals surface area contributed by atoms with Gasteiger partial charge in [0.05, 0.1) is 0 Å². The predicted octanol–water partition coefficient (Wildman–Crippen LogP) is 2.91. The van der Waals surface area contributed by atoms with Crippen molar-refractivity contribution in [3.8, 4) is 0 Å². The first-order chi connectivity index (χ1) is 4.41. The van der Waals surface area contributed by atoms with Crippen LogP contribution >= 0.6 is 0 Å². The summed E-state index contributed by atoms with van der Waals surface area (Å²) in [5.74, 6) is 0. The van der Waals surface area contributed by atoms with Crippen molar-refractivity contribution >= 4 is 0 Å². The molecule has 0 bridgehead atoms. The summed E-state index contributed by atoms with van der Waals surface area (Å²) in [6, 6.07) is 0. The first-order valence-electron chi connectivity index (χ1n) is 3.39. The van der Waals surface area contributed by atoms with Crippen molar-refractivity contribution in [3.63, 3.8) is 0 Å². The SMILES string of the molecule is C[C-]=CCCCC=[C-]C.[Y].[Y]. The van der Waals surface area contributed by atoms with E-state index in [4.69, 9.17) is 0 Å². The molecule has 58 valence electrons. The fraction of sp³-hybridized carbons (Fsp3) is 0.556. The quantitative estimate of drug-likeness (QED) is 0.553. The largest absolute Gasteiger partial charge is 0.504 e.